The monoisotopic (exact) mass is 152 g/mol. The number of rotatable bonds is 1. The first kappa shape index (κ1) is 8.87. The van der Waals surface area contributed by atoms with E-state index in [0.29, 0.717) is 0 Å². The van der Waals surface area contributed by atoms with Gasteiger partial charge in [0.2, 0.25) is 0 Å². The van der Waals surface area contributed by atoms with Gasteiger partial charge in [-0.2, -0.15) is 4.39 Å². The van der Waals surface area contributed by atoms with E-state index >= 15 is 0 Å². The second kappa shape index (κ2) is 3.81. The van der Waals surface area contributed by atoms with Gasteiger partial charge in [-0.1, -0.05) is 0 Å². The number of hydrogen-bond acceptors (Lipinski definition) is 3. The third-order valence-electron chi connectivity index (χ3n) is 0.610. The minimum atomic E-state index is -1.58. The van der Waals surface area contributed by atoms with Gasteiger partial charge in [0.1, 0.15) is 0 Å². The Morgan fingerprint density at radius 1 is 1.40 bits per heavy atom. The molecule has 3 nitrogen and oxygen atoms in total. The minimum Gasteiger partial charge on any atom is -0.437 e. The molecular formula is C5H6F2O3. The Bertz CT molecular complexity index is 160. The summed E-state index contributed by atoms with van der Waals surface area (Å²) in [5, 5.41) is 0. The molecular weight excluding hydrogens is 146 g/mol. The number of hydrogen-bond donors (Lipinski definition) is 0. The Balaban J connectivity index is 3.92. The van der Waals surface area contributed by atoms with Crippen LogP contribution in [-0.4, -0.2) is 13.3 Å². The zero-order valence-corrected chi connectivity index (χ0v) is 5.48. The Kier molecular flexibility index (Phi) is 3.38. The molecule has 0 aromatic heterocycles. The number of halogens is 2. The second-order valence-electron chi connectivity index (χ2n) is 1.36. The van der Waals surface area contributed by atoms with Crippen LogP contribution in [0, 0.1) is 0 Å². The summed E-state index contributed by atoms with van der Waals surface area (Å²) in [6.07, 6.45) is -1.28. The van der Waals surface area contributed by atoms with Crippen LogP contribution in [0.3, 0.4) is 0 Å². The summed E-state index contributed by atoms with van der Waals surface area (Å²) in [6, 6.07) is -1.58. The first-order valence-corrected chi connectivity index (χ1v) is 2.35. The van der Waals surface area contributed by atoms with E-state index in [1.165, 1.54) is 0 Å². The highest BCUT2D eigenvalue weighted by molar-refractivity contribution is 5.60. The maximum atomic E-state index is 11.9. The molecule has 0 aliphatic carbocycles. The largest absolute Gasteiger partial charge is 0.515 e. The molecule has 0 N–H and O–H groups in total. The number of methoxy groups -OCH3 is 1. The van der Waals surface area contributed by atoms with E-state index in [4.69, 9.17) is 0 Å². The lowest BCUT2D eigenvalue weighted by atomic mass is 10.7. The van der Waals surface area contributed by atoms with Gasteiger partial charge in [0.25, 0.3) is 0 Å². The van der Waals surface area contributed by atoms with E-state index in [9.17, 15) is 13.6 Å². The van der Waals surface area contributed by atoms with Gasteiger partial charge in [-0.3, -0.25) is 0 Å². The molecule has 0 spiro atoms. The number of allylic oxidation sites excluding steroid dienone is 1. The summed E-state index contributed by atoms with van der Waals surface area (Å²) in [4.78, 5) is 10.0. The van der Waals surface area contributed by atoms with Gasteiger partial charge in [0.05, 0.1) is 7.11 Å². The molecule has 0 heterocycles. The summed E-state index contributed by atoms with van der Waals surface area (Å²) in [7, 11) is 0.989. The van der Waals surface area contributed by atoms with Gasteiger partial charge in [-0.15, -0.1) is 0 Å². The molecule has 10 heavy (non-hydrogen) atoms. The Morgan fingerprint density at radius 2 is 1.90 bits per heavy atom. The molecule has 0 radical (unpaired) electrons. The van der Waals surface area contributed by atoms with Gasteiger partial charge in [0.15, 0.2) is 5.83 Å². The molecule has 0 aromatic carbocycles. The lowest BCUT2D eigenvalue weighted by molar-refractivity contribution is 0.0754. The SMILES string of the molecule is COC(=O)O/C(F)=C(\C)F. The topological polar surface area (TPSA) is 35.5 Å². The van der Waals surface area contributed by atoms with Crippen LogP contribution in [0.4, 0.5) is 13.6 Å². The molecule has 0 saturated carbocycles. The fourth-order valence-corrected chi connectivity index (χ4v) is 0.185. The summed E-state index contributed by atoms with van der Waals surface area (Å²) < 4.78 is 31.2. The van der Waals surface area contributed by atoms with E-state index in [1.54, 1.807) is 0 Å². The molecule has 0 saturated heterocycles. The van der Waals surface area contributed by atoms with Crippen molar-refractivity contribution in [3.05, 3.63) is 11.8 Å². The van der Waals surface area contributed by atoms with Crippen molar-refractivity contribution < 1.29 is 23.0 Å². The summed E-state index contributed by atoms with van der Waals surface area (Å²) in [6.45, 7) is 0.818. The predicted octanol–water partition coefficient (Wildman–Crippen LogP) is 1.90. The van der Waals surface area contributed by atoms with Crippen molar-refractivity contribution >= 4 is 6.16 Å². The van der Waals surface area contributed by atoms with E-state index < -0.39 is 18.0 Å². The summed E-state index contributed by atoms with van der Waals surface area (Å²) in [5.41, 5.74) is 0. The fraction of sp³-hybridized carbons (Fsp3) is 0.400. The number of carbonyl (C=O) groups is 1. The first-order chi connectivity index (χ1) is 4.57. The maximum absolute atomic E-state index is 11.9. The average Bonchev–Trinajstić information content (AvgIpc) is 1.87. The van der Waals surface area contributed by atoms with Crippen LogP contribution in [-0.2, 0) is 9.47 Å². The van der Waals surface area contributed by atoms with E-state index in [-0.39, 0.29) is 0 Å². The molecule has 0 aromatic rings. The normalized spacial score (nSPS) is 12.0. The van der Waals surface area contributed by atoms with Crippen molar-refractivity contribution in [3.63, 3.8) is 0 Å². The number of ether oxygens (including phenoxy) is 2. The molecule has 0 unspecified atom stereocenters. The van der Waals surface area contributed by atoms with Crippen LogP contribution >= 0.6 is 0 Å². The van der Waals surface area contributed by atoms with Crippen LogP contribution < -0.4 is 0 Å². The lowest BCUT2D eigenvalue weighted by Gasteiger charge is -1.97. The molecule has 0 rings (SSSR count). The van der Waals surface area contributed by atoms with Crippen molar-refractivity contribution in [3.8, 4) is 0 Å². The first-order valence-electron chi connectivity index (χ1n) is 2.35. The zero-order valence-electron chi connectivity index (χ0n) is 5.48. The van der Waals surface area contributed by atoms with Crippen molar-refractivity contribution in [1.29, 1.82) is 0 Å². The van der Waals surface area contributed by atoms with Crippen molar-refractivity contribution in [2.75, 3.05) is 7.11 Å². The summed E-state index contributed by atoms with van der Waals surface area (Å²) in [5.74, 6) is -1.20. The van der Waals surface area contributed by atoms with Gasteiger partial charge in [0, 0.05) is 0 Å². The minimum absolute atomic E-state index is 0.818. The molecule has 0 fully saturated rings. The van der Waals surface area contributed by atoms with Crippen LogP contribution in [0.1, 0.15) is 6.92 Å². The van der Waals surface area contributed by atoms with E-state index in [1.807, 2.05) is 0 Å². The molecule has 0 aliphatic rings. The predicted molar refractivity (Wildman–Crippen MR) is 28.4 cm³/mol. The van der Waals surface area contributed by atoms with Crippen molar-refractivity contribution in [1.82, 2.24) is 0 Å². The standard InChI is InChI=1S/C5H6F2O3/c1-3(6)4(7)10-5(8)9-2/h1-2H3/b4-3+. The molecule has 0 bridgehead atoms. The maximum Gasteiger partial charge on any atom is 0.515 e. The molecule has 5 heteroatoms. The van der Waals surface area contributed by atoms with Crippen LogP contribution in [0.25, 0.3) is 0 Å². The van der Waals surface area contributed by atoms with Gasteiger partial charge in [-0.05, 0) is 6.92 Å². The quantitative estimate of drug-likeness (QED) is 0.425. The Labute approximate surface area is 56.2 Å². The van der Waals surface area contributed by atoms with Gasteiger partial charge >= 0.3 is 12.2 Å². The Hall–Kier alpha value is -1.13. The lowest BCUT2D eigenvalue weighted by Crippen LogP contribution is -2.01. The average molecular weight is 152 g/mol. The highest BCUT2D eigenvalue weighted by Crippen LogP contribution is 2.08. The zero-order chi connectivity index (χ0) is 8.15. The molecule has 0 aliphatic heterocycles. The highest BCUT2D eigenvalue weighted by atomic mass is 19.2. The van der Waals surface area contributed by atoms with Gasteiger partial charge in [-0.25, -0.2) is 9.18 Å². The van der Waals surface area contributed by atoms with Crippen LogP contribution in [0.15, 0.2) is 11.8 Å². The Morgan fingerprint density at radius 3 is 2.20 bits per heavy atom. The third-order valence-corrected chi connectivity index (χ3v) is 0.610. The fourth-order valence-electron chi connectivity index (χ4n) is 0.185. The van der Waals surface area contributed by atoms with E-state index in [0.717, 1.165) is 14.0 Å². The van der Waals surface area contributed by atoms with Crippen LogP contribution in [0.5, 0.6) is 0 Å². The molecule has 58 valence electrons. The van der Waals surface area contributed by atoms with Gasteiger partial charge < -0.3 is 9.47 Å². The second-order valence-corrected chi connectivity index (χ2v) is 1.36. The highest BCUT2D eigenvalue weighted by Gasteiger charge is 2.08. The van der Waals surface area contributed by atoms with Crippen LogP contribution in [0.2, 0.25) is 0 Å². The third kappa shape index (κ3) is 3.01. The summed E-state index contributed by atoms with van der Waals surface area (Å²) >= 11 is 0. The number of carbonyl (C=O) groups excluding carboxylic acids is 1. The molecule has 0 amide bonds. The van der Waals surface area contributed by atoms with E-state index in [2.05, 4.69) is 9.47 Å². The van der Waals surface area contributed by atoms with Crippen molar-refractivity contribution in [2.24, 2.45) is 0 Å². The molecule has 0 atom stereocenters. The smallest absolute Gasteiger partial charge is 0.437 e. The van der Waals surface area contributed by atoms with Crippen molar-refractivity contribution in [2.45, 2.75) is 6.92 Å².